The monoisotopic (exact) mass is 298 g/mol. The number of rotatable bonds is 4. The largest absolute Gasteiger partial charge is 0.496 e. The molecule has 0 saturated heterocycles. The summed E-state index contributed by atoms with van der Waals surface area (Å²) in [7, 11) is 3.06. The Kier molecular flexibility index (Phi) is 11.6. The lowest BCUT2D eigenvalue weighted by Crippen LogP contribution is -1.94. The molecule has 0 fully saturated rings. The first kappa shape index (κ1) is 21.0. The Morgan fingerprint density at radius 1 is 1.33 bits per heavy atom. The number of hydrogen-bond donors (Lipinski definition) is 1. The van der Waals surface area contributed by atoms with Crippen molar-refractivity contribution in [1.82, 2.24) is 0 Å². The van der Waals surface area contributed by atoms with Gasteiger partial charge in [0.15, 0.2) is 12.1 Å². The third-order valence-electron chi connectivity index (χ3n) is 2.34. The maximum Gasteiger partial charge on any atom is 0.270 e. The molecule has 0 saturated carbocycles. The van der Waals surface area contributed by atoms with Gasteiger partial charge in [-0.1, -0.05) is 6.92 Å². The molecule has 1 aromatic rings. The molecule has 2 N–H and O–H groups in total. The molecule has 0 aliphatic carbocycles. The summed E-state index contributed by atoms with van der Waals surface area (Å²) in [6, 6.07) is 3.01. The highest BCUT2D eigenvalue weighted by Crippen LogP contribution is 2.27. The van der Waals surface area contributed by atoms with E-state index in [0.29, 0.717) is 18.5 Å². The van der Waals surface area contributed by atoms with Crippen LogP contribution in [-0.2, 0) is 9.59 Å². The van der Waals surface area contributed by atoms with E-state index < -0.39 is 4.92 Å². The van der Waals surface area contributed by atoms with Gasteiger partial charge < -0.3 is 10.5 Å². The third-order valence-corrected chi connectivity index (χ3v) is 2.34. The van der Waals surface area contributed by atoms with Gasteiger partial charge in [-0.15, -0.1) is 0 Å². The van der Waals surface area contributed by atoms with Gasteiger partial charge in [-0.2, -0.15) is 0 Å². The van der Waals surface area contributed by atoms with Crippen LogP contribution < -0.4 is 10.5 Å². The molecule has 0 aromatic heterocycles. The summed E-state index contributed by atoms with van der Waals surface area (Å²) in [6.07, 6.45) is 0.656. The van der Waals surface area contributed by atoms with Crippen LogP contribution in [0.1, 0.15) is 24.5 Å². The molecule has 1 aromatic carbocycles. The fourth-order valence-corrected chi connectivity index (χ4v) is 1.44. The Bertz CT molecular complexity index is 463. The average Bonchev–Trinajstić information content (AvgIpc) is 2.48. The molecule has 0 atom stereocenters. The zero-order valence-corrected chi connectivity index (χ0v) is 13.0. The highest BCUT2D eigenvalue weighted by Gasteiger charge is 2.11. The van der Waals surface area contributed by atoms with Gasteiger partial charge >= 0.3 is 0 Å². The maximum atomic E-state index is 10.5. The Morgan fingerprint density at radius 3 is 1.95 bits per heavy atom. The van der Waals surface area contributed by atoms with Gasteiger partial charge in [0.05, 0.1) is 12.0 Å². The Balaban J connectivity index is 0. The molecule has 0 radical (unpaired) electrons. The lowest BCUT2D eigenvalue weighted by atomic mass is 10.1. The van der Waals surface area contributed by atoms with E-state index in [0.717, 1.165) is 11.1 Å². The molecule has 0 bridgehead atoms. The number of aldehydes is 1. The fourth-order valence-electron chi connectivity index (χ4n) is 1.44. The SMILES string of the molecule is CCC(=O)C=O.CN.COc1c(C)cc([N+](=O)[O-])cc1C. The topological polar surface area (TPSA) is 113 Å². The highest BCUT2D eigenvalue weighted by molar-refractivity contribution is 6.24. The molecule has 0 aliphatic rings. The number of benzene rings is 1. The van der Waals surface area contributed by atoms with Crippen molar-refractivity contribution < 1.29 is 19.2 Å². The van der Waals surface area contributed by atoms with Crippen molar-refractivity contribution in [3.05, 3.63) is 33.4 Å². The highest BCUT2D eigenvalue weighted by atomic mass is 16.6. The van der Waals surface area contributed by atoms with Crippen molar-refractivity contribution in [3.63, 3.8) is 0 Å². The van der Waals surface area contributed by atoms with Crippen LogP contribution in [0.4, 0.5) is 5.69 Å². The number of nitro benzene ring substituents is 1. The molecular formula is C14H22N2O5. The van der Waals surface area contributed by atoms with Gasteiger partial charge in [0.2, 0.25) is 0 Å². The van der Waals surface area contributed by atoms with Gasteiger partial charge in [0.1, 0.15) is 5.75 Å². The number of nitro groups is 1. The van der Waals surface area contributed by atoms with Gasteiger partial charge in [-0.3, -0.25) is 19.7 Å². The number of ketones is 1. The van der Waals surface area contributed by atoms with E-state index in [9.17, 15) is 19.7 Å². The number of hydrogen-bond acceptors (Lipinski definition) is 6. The van der Waals surface area contributed by atoms with Crippen molar-refractivity contribution in [3.8, 4) is 5.75 Å². The van der Waals surface area contributed by atoms with Crippen LogP contribution in [0.3, 0.4) is 0 Å². The van der Waals surface area contributed by atoms with E-state index in [1.807, 2.05) is 0 Å². The predicted octanol–water partition coefficient (Wildman–Crippen LogP) is 1.96. The summed E-state index contributed by atoms with van der Waals surface area (Å²) in [6.45, 7) is 5.23. The van der Waals surface area contributed by atoms with Gasteiger partial charge in [0, 0.05) is 18.6 Å². The Hall–Kier alpha value is -2.28. The standard InChI is InChI=1S/C9H11NO3.C4H6O2.CH5N/c1-6-4-8(10(11)12)5-7(2)9(6)13-3;1-2-4(6)3-5;1-2/h4-5H,1-3H3;3H,2H2,1H3;2H2,1H3. The smallest absolute Gasteiger partial charge is 0.270 e. The van der Waals surface area contributed by atoms with Gasteiger partial charge in [0.25, 0.3) is 5.69 Å². The minimum Gasteiger partial charge on any atom is -0.496 e. The van der Waals surface area contributed by atoms with E-state index in [2.05, 4.69) is 5.73 Å². The van der Waals surface area contributed by atoms with Crippen LogP contribution >= 0.6 is 0 Å². The zero-order chi connectivity index (χ0) is 17.0. The quantitative estimate of drug-likeness (QED) is 0.393. The lowest BCUT2D eigenvalue weighted by Gasteiger charge is -2.07. The number of nitrogens with zero attached hydrogens (tertiary/aromatic N) is 1. The van der Waals surface area contributed by atoms with Crippen LogP contribution in [0.25, 0.3) is 0 Å². The number of Topliss-reactive ketones (excluding diaryl/α,β-unsaturated/α-hetero) is 1. The normalized spacial score (nSPS) is 8.48. The minimum absolute atomic E-state index is 0.107. The van der Waals surface area contributed by atoms with Crippen molar-refractivity contribution in [2.75, 3.05) is 14.2 Å². The average molecular weight is 298 g/mol. The summed E-state index contributed by atoms with van der Waals surface area (Å²) in [4.78, 5) is 29.3. The number of aryl methyl sites for hydroxylation is 2. The molecule has 0 aliphatic heterocycles. The summed E-state index contributed by atoms with van der Waals surface area (Å²) in [5, 5.41) is 10.5. The fraction of sp³-hybridized carbons (Fsp3) is 0.429. The predicted molar refractivity (Wildman–Crippen MR) is 80.6 cm³/mol. The molecule has 0 spiro atoms. The maximum absolute atomic E-state index is 10.5. The van der Waals surface area contributed by atoms with E-state index in [-0.39, 0.29) is 11.5 Å². The first-order valence-corrected chi connectivity index (χ1v) is 6.22. The molecular weight excluding hydrogens is 276 g/mol. The molecule has 1 rings (SSSR count). The Labute approximate surface area is 124 Å². The second-order valence-corrected chi connectivity index (χ2v) is 3.81. The molecule has 0 amide bonds. The number of non-ortho nitro benzene ring substituents is 1. The molecule has 0 heterocycles. The molecule has 7 nitrogen and oxygen atoms in total. The van der Waals surface area contributed by atoms with Crippen molar-refractivity contribution in [1.29, 1.82) is 0 Å². The summed E-state index contributed by atoms with van der Waals surface area (Å²) >= 11 is 0. The summed E-state index contributed by atoms with van der Waals surface area (Å²) < 4.78 is 5.09. The van der Waals surface area contributed by atoms with Crippen LogP contribution in [0.5, 0.6) is 5.75 Å². The van der Waals surface area contributed by atoms with E-state index in [4.69, 9.17) is 4.74 Å². The number of carbonyl (C=O) groups excluding carboxylic acids is 2. The van der Waals surface area contributed by atoms with Crippen LogP contribution in [0.15, 0.2) is 12.1 Å². The van der Waals surface area contributed by atoms with Gasteiger partial charge in [-0.05, 0) is 32.0 Å². The van der Waals surface area contributed by atoms with Gasteiger partial charge in [-0.25, -0.2) is 0 Å². The van der Waals surface area contributed by atoms with Crippen LogP contribution in [0, 0.1) is 24.0 Å². The van der Waals surface area contributed by atoms with Crippen molar-refractivity contribution >= 4 is 17.8 Å². The van der Waals surface area contributed by atoms with E-state index in [1.54, 1.807) is 27.9 Å². The van der Waals surface area contributed by atoms with Crippen molar-refractivity contribution in [2.24, 2.45) is 5.73 Å². The number of ether oxygens (including phenoxy) is 1. The summed E-state index contributed by atoms with van der Waals surface area (Å²) in [5.74, 6) is 0.376. The zero-order valence-electron chi connectivity index (χ0n) is 13.0. The molecule has 21 heavy (non-hydrogen) atoms. The Morgan fingerprint density at radius 2 is 1.76 bits per heavy atom. The summed E-state index contributed by atoms with van der Waals surface area (Å²) in [5.41, 5.74) is 6.18. The number of carbonyl (C=O) groups is 2. The second kappa shape index (κ2) is 11.5. The molecule has 7 heteroatoms. The number of methoxy groups -OCH3 is 1. The lowest BCUT2D eigenvalue weighted by molar-refractivity contribution is -0.385. The van der Waals surface area contributed by atoms with Crippen molar-refractivity contribution in [2.45, 2.75) is 27.2 Å². The molecule has 118 valence electrons. The van der Waals surface area contributed by atoms with Crippen LogP contribution in [0.2, 0.25) is 0 Å². The minimum atomic E-state index is -0.403. The number of nitrogens with two attached hydrogens (primary N) is 1. The first-order valence-electron chi connectivity index (χ1n) is 6.22. The second-order valence-electron chi connectivity index (χ2n) is 3.81. The van der Waals surface area contributed by atoms with Crippen LogP contribution in [-0.4, -0.2) is 31.2 Å². The molecule has 0 unspecified atom stereocenters. The van der Waals surface area contributed by atoms with E-state index in [1.165, 1.54) is 19.2 Å². The third kappa shape index (κ3) is 7.78. The van der Waals surface area contributed by atoms with E-state index >= 15 is 0 Å². The first-order chi connectivity index (χ1) is 9.87.